The smallest absolute Gasteiger partial charge is 0.254 e. The van der Waals surface area contributed by atoms with Crippen molar-refractivity contribution in [1.82, 2.24) is 4.90 Å². The van der Waals surface area contributed by atoms with E-state index in [1.807, 2.05) is 0 Å². The van der Waals surface area contributed by atoms with Crippen molar-refractivity contribution < 1.29 is 9.90 Å². The fourth-order valence-corrected chi connectivity index (χ4v) is 1.79. The van der Waals surface area contributed by atoms with E-state index in [9.17, 15) is 9.90 Å². The molecule has 0 spiro atoms. The minimum absolute atomic E-state index is 0.0566. The molecule has 1 aliphatic heterocycles. The molecule has 0 saturated carbocycles. The van der Waals surface area contributed by atoms with Crippen LogP contribution in [0.1, 0.15) is 16.8 Å². The third-order valence-electron chi connectivity index (χ3n) is 2.61. The first kappa shape index (κ1) is 9.98. The predicted octanol–water partition coefficient (Wildman–Crippen LogP) is 0.565. The number of benzene rings is 1. The van der Waals surface area contributed by atoms with Crippen LogP contribution in [0.2, 0.25) is 0 Å². The molecule has 0 radical (unpaired) electrons. The van der Waals surface area contributed by atoms with Gasteiger partial charge < -0.3 is 15.7 Å². The third kappa shape index (κ3) is 2.10. The highest BCUT2D eigenvalue weighted by atomic mass is 16.3. The van der Waals surface area contributed by atoms with Crippen molar-refractivity contribution in [3.8, 4) is 5.75 Å². The predicted molar refractivity (Wildman–Crippen MR) is 56.6 cm³/mol. The van der Waals surface area contributed by atoms with Gasteiger partial charge in [0.05, 0.1) is 0 Å². The molecule has 3 N–H and O–H groups in total. The van der Waals surface area contributed by atoms with Gasteiger partial charge in [0, 0.05) is 24.7 Å². The lowest BCUT2D eigenvalue weighted by atomic mass is 10.2. The molecule has 4 heteroatoms. The number of hydrogen-bond donors (Lipinski definition) is 2. The Balaban J connectivity index is 2.14. The quantitative estimate of drug-likeness (QED) is 0.705. The summed E-state index contributed by atoms with van der Waals surface area (Å²) in [5.41, 5.74) is 6.25. The topological polar surface area (TPSA) is 66.6 Å². The molecule has 1 aliphatic rings. The van der Waals surface area contributed by atoms with Crippen LogP contribution in [0, 0.1) is 0 Å². The molecule has 0 bridgehead atoms. The van der Waals surface area contributed by atoms with E-state index in [0.717, 1.165) is 6.42 Å². The molecule has 0 aliphatic carbocycles. The molecule has 0 aromatic heterocycles. The lowest BCUT2D eigenvalue weighted by Crippen LogP contribution is -2.31. The maximum absolute atomic E-state index is 11.9. The minimum Gasteiger partial charge on any atom is -0.508 e. The Hall–Kier alpha value is -1.55. The Morgan fingerprint density at radius 3 is 2.93 bits per heavy atom. The van der Waals surface area contributed by atoms with Gasteiger partial charge in [-0.25, -0.2) is 0 Å². The van der Waals surface area contributed by atoms with Crippen LogP contribution < -0.4 is 5.73 Å². The molecule has 1 aromatic rings. The zero-order valence-corrected chi connectivity index (χ0v) is 8.39. The highest BCUT2D eigenvalue weighted by Crippen LogP contribution is 2.16. The number of aromatic hydroxyl groups is 1. The Bertz CT molecular complexity index is 379. The van der Waals surface area contributed by atoms with Crippen molar-refractivity contribution in [2.24, 2.45) is 5.73 Å². The van der Waals surface area contributed by atoms with Gasteiger partial charge in [-0.15, -0.1) is 0 Å². The molecule has 1 atom stereocenters. The highest BCUT2D eigenvalue weighted by molar-refractivity contribution is 5.94. The van der Waals surface area contributed by atoms with Gasteiger partial charge in [0.25, 0.3) is 5.91 Å². The number of amides is 1. The van der Waals surface area contributed by atoms with Gasteiger partial charge >= 0.3 is 0 Å². The van der Waals surface area contributed by atoms with Crippen molar-refractivity contribution in [2.45, 2.75) is 12.5 Å². The summed E-state index contributed by atoms with van der Waals surface area (Å²) < 4.78 is 0. The lowest BCUT2D eigenvalue weighted by molar-refractivity contribution is 0.0790. The van der Waals surface area contributed by atoms with Gasteiger partial charge in [-0.1, -0.05) is 6.07 Å². The van der Waals surface area contributed by atoms with Gasteiger partial charge in [-0.05, 0) is 24.6 Å². The monoisotopic (exact) mass is 206 g/mol. The Kier molecular flexibility index (Phi) is 2.60. The summed E-state index contributed by atoms with van der Waals surface area (Å²) >= 11 is 0. The number of rotatable bonds is 1. The summed E-state index contributed by atoms with van der Waals surface area (Å²) in [5, 5.41) is 9.26. The Labute approximate surface area is 88.3 Å². The maximum atomic E-state index is 11.9. The van der Waals surface area contributed by atoms with Crippen molar-refractivity contribution in [1.29, 1.82) is 0 Å². The van der Waals surface area contributed by atoms with Crippen LogP contribution in [-0.2, 0) is 0 Å². The Morgan fingerprint density at radius 2 is 2.33 bits per heavy atom. The number of likely N-dealkylation sites (tertiary alicyclic amines) is 1. The Morgan fingerprint density at radius 1 is 1.53 bits per heavy atom. The SMILES string of the molecule is N[C@@H]1CCN(C(=O)c2cccc(O)c2)C1. The first-order valence-electron chi connectivity index (χ1n) is 5.00. The molecule has 15 heavy (non-hydrogen) atoms. The molecule has 2 rings (SSSR count). The number of phenolic OH excluding ortho intramolecular Hbond substituents is 1. The van der Waals surface area contributed by atoms with E-state index < -0.39 is 0 Å². The van der Waals surface area contributed by atoms with Crippen molar-refractivity contribution in [3.05, 3.63) is 29.8 Å². The van der Waals surface area contributed by atoms with Crippen LogP contribution in [-0.4, -0.2) is 35.0 Å². The number of carbonyl (C=O) groups is 1. The first-order valence-corrected chi connectivity index (χ1v) is 5.00. The molecule has 1 amide bonds. The average Bonchev–Trinajstić information content (AvgIpc) is 2.64. The summed E-state index contributed by atoms with van der Waals surface area (Å²) in [7, 11) is 0. The van der Waals surface area contributed by atoms with Crippen LogP contribution in [0.25, 0.3) is 0 Å². The average molecular weight is 206 g/mol. The second-order valence-corrected chi connectivity index (χ2v) is 3.85. The zero-order chi connectivity index (χ0) is 10.8. The normalized spacial score (nSPS) is 20.6. The van der Waals surface area contributed by atoms with Crippen LogP contribution >= 0.6 is 0 Å². The number of nitrogens with two attached hydrogens (primary N) is 1. The second kappa shape index (κ2) is 3.90. The van der Waals surface area contributed by atoms with Gasteiger partial charge in [-0.3, -0.25) is 4.79 Å². The first-order chi connectivity index (χ1) is 7.16. The zero-order valence-electron chi connectivity index (χ0n) is 8.39. The molecule has 1 heterocycles. The minimum atomic E-state index is -0.0566. The van der Waals surface area contributed by atoms with Crippen molar-refractivity contribution in [3.63, 3.8) is 0 Å². The molecule has 1 aromatic carbocycles. The molecular weight excluding hydrogens is 192 g/mol. The van der Waals surface area contributed by atoms with E-state index in [2.05, 4.69) is 0 Å². The van der Waals surface area contributed by atoms with Crippen LogP contribution in [0.3, 0.4) is 0 Å². The molecule has 4 nitrogen and oxygen atoms in total. The van der Waals surface area contributed by atoms with Gasteiger partial charge in [0.2, 0.25) is 0 Å². The van der Waals surface area contributed by atoms with Gasteiger partial charge in [-0.2, -0.15) is 0 Å². The summed E-state index contributed by atoms with van der Waals surface area (Å²) in [4.78, 5) is 13.6. The van der Waals surface area contributed by atoms with E-state index in [1.165, 1.54) is 6.07 Å². The van der Waals surface area contributed by atoms with Crippen LogP contribution in [0.15, 0.2) is 24.3 Å². The van der Waals surface area contributed by atoms with Crippen LogP contribution in [0.5, 0.6) is 5.75 Å². The van der Waals surface area contributed by atoms with E-state index in [0.29, 0.717) is 18.7 Å². The van der Waals surface area contributed by atoms with E-state index in [1.54, 1.807) is 23.1 Å². The lowest BCUT2D eigenvalue weighted by Gasteiger charge is -2.15. The van der Waals surface area contributed by atoms with Crippen molar-refractivity contribution in [2.75, 3.05) is 13.1 Å². The van der Waals surface area contributed by atoms with Crippen LogP contribution in [0.4, 0.5) is 0 Å². The standard InChI is InChI=1S/C11H14N2O2/c12-9-4-5-13(7-9)11(15)8-2-1-3-10(14)6-8/h1-3,6,9,14H,4-5,7,12H2/t9-/m1/s1. The largest absolute Gasteiger partial charge is 0.508 e. The van der Waals surface area contributed by atoms with E-state index >= 15 is 0 Å². The van der Waals surface area contributed by atoms with E-state index in [-0.39, 0.29) is 17.7 Å². The summed E-state index contributed by atoms with van der Waals surface area (Å²) in [6.45, 7) is 1.31. The number of hydrogen-bond acceptors (Lipinski definition) is 3. The van der Waals surface area contributed by atoms with E-state index in [4.69, 9.17) is 5.73 Å². The van der Waals surface area contributed by atoms with Gasteiger partial charge in [0.15, 0.2) is 0 Å². The summed E-state index contributed by atoms with van der Waals surface area (Å²) in [6.07, 6.45) is 0.852. The maximum Gasteiger partial charge on any atom is 0.254 e. The number of nitrogens with zero attached hydrogens (tertiary/aromatic N) is 1. The fourth-order valence-electron chi connectivity index (χ4n) is 1.79. The third-order valence-corrected chi connectivity index (χ3v) is 2.61. The second-order valence-electron chi connectivity index (χ2n) is 3.85. The molecule has 1 fully saturated rings. The summed E-state index contributed by atoms with van der Waals surface area (Å²) in [5.74, 6) is 0.0585. The molecular formula is C11H14N2O2. The fraction of sp³-hybridized carbons (Fsp3) is 0.364. The molecule has 0 unspecified atom stereocenters. The van der Waals surface area contributed by atoms with Crippen molar-refractivity contribution >= 4 is 5.91 Å². The number of phenols is 1. The highest BCUT2D eigenvalue weighted by Gasteiger charge is 2.24. The van der Waals surface area contributed by atoms with Gasteiger partial charge in [0.1, 0.15) is 5.75 Å². The molecule has 1 saturated heterocycles. The molecule has 80 valence electrons. The summed E-state index contributed by atoms with van der Waals surface area (Å²) in [6, 6.07) is 6.48. The number of carbonyl (C=O) groups excluding carboxylic acids is 1.